The Kier molecular flexibility index (Phi) is 7.88. The molecule has 5 nitrogen and oxygen atoms in total. The van der Waals surface area contributed by atoms with E-state index in [4.69, 9.17) is 0 Å². The van der Waals surface area contributed by atoms with E-state index in [1.165, 1.54) is 16.9 Å². The normalized spacial score (nSPS) is 14.2. The first-order valence-electron chi connectivity index (χ1n) is 8.44. The lowest BCUT2D eigenvalue weighted by molar-refractivity contribution is 0.0771. The number of carbonyl (C=O) groups excluding carboxylic acids is 1. The van der Waals surface area contributed by atoms with Gasteiger partial charge in [-0.15, -0.1) is 36.2 Å². The maximum Gasteiger partial charge on any atom is 0.264 e. The molecule has 2 aromatic heterocycles. The highest BCUT2D eigenvalue weighted by atomic mass is 35.5. The molecule has 0 aliphatic carbocycles. The summed E-state index contributed by atoms with van der Waals surface area (Å²) in [5.74, 6) is 0.132. The number of benzene rings is 1. The minimum atomic E-state index is 0. The number of nitrogens with one attached hydrogen (secondary N) is 2. The highest BCUT2D eigenvalue weighted by molar-refractivity contribution is 7.29. The fourth-order valence-electron chi connectivity index (χ4n) is 2.93. The summed E-state index contributed by atoms with van der Waals surface area (Å²) in [5, 5.41) is 7.58. The summed E-state index contributed by atoms with van der Waals surface area (Å²) in [6, 6.07) is 10.1. The van der Waals surface area contributed by atoms with Gasteiger partial charge in [0, 0.05) is 25.3 Å². The van der Waals surface area contributed by atoms with Crippen LogP contribution in [0.3, 0.4) is 0 Å². The van der Waals surface area contributed by atoms with Gasteiger partial charge >= 0.3 is 0 Å². The van der Waals surface area contributed by atoms with Crippen LogP contribution >= 0.6 is 47.5 Å². The first-order chi connectivity index (χ1) is 12.2. The number of aryl methyl sites for hydroxylation is 1. The summed E-state index contributed by atoms with van der Waals surface area (Å²) >= 11 is 3.08. The molecular formula is C18H22Cl2N4OS2. The van der Waals surface area contributed by atoms with E-state index in [2.05, 4.69) is 28.6 Å². The Labute approximate surface area is 179 Å². The van der Waals surface area contributed by atoms with Crippen molar-refractivity contribution in [1.29, 1.82) is 0 Å². The van der Waals surface area contributed by atoms with E-state index in [1.54, 1.807) is 11.3 Å². The average molecular weight is 445 g/mol. The summed E-state index contributed by atoms with van der Waals surface area (Å²) in [5.41, 5.74) is 2.25. The third kappa shape index (κ3) is 4.92. The summed E-state index contributed by atoms with van der Waals surface area (Å²) in [4.78, 5) is 21.0. The number of amides is 1. The van der Waals surface area contributed by atoms with Crippen LogP contribution in [0.2, 0.25) is 0 Å². The Morgan fingerprint density at radius 1 is 1.19 bits per heavy atom. The fraction of sp³-hybridized carbons (Fsp3) is 0.333. The van der Waals surface area contributed by atoms with E-state index in [0.29, 0.717) is 0 Å². The molecule has 1 amide bonds. The number of rotatable bonds is 3. The van der Waals surface area contributed by atoms with Crippen LogP contribution in [-0.4, -0.2) is 42.0 Å². The number of para-hydroxylation sites is 1. The molecule has 27 heavy (non-hydrogen) atoms. The number of anilines is 2. The van der Waals surface area contributed by atoms with Crippen molar-refractivity contribution in [3.8, 4) is 0 Å². The molecule has 3 heterocycles. The number of fused-ring (bicyclic) bond motifs is 1. The third-order valence-corrected chi connectivity index (χ3v) is 6.38. The maximum atomic E-state index is 12.7. The number of carbonyl (C=O) groups is 1. The van der Waals surface area contributed by atoms with Gasteiger partial charge in [-0.05, 0) is 37.6 Å². The van der Waals surface area contributed by atoms with Crippen molar-refractivity contribution in [2.24, 2.45) is 0 Å². The Balaban J connectivity index is 0.00000131. The van der Waals surface area contributed by atoms with Gasteiger partial charge < -0.3 is 15.5 Å². The molecule has 1 aromatic carbocycles. The zero-order valence-electron chi connectivity index (χ0n) is 14.9. The van der Waals surface area contributed by atoms with E-state index in [-0.39, 0.29) is 30.7 Å². The van der Waals surface area contributed by atoms with E-state index in [0.717, 1.165) is 57.8 Å². The number of thiazole rings is 1. The van der Waals surface area contributed by atoms with E-state index in [1.807, 2.05) is 29.2 Å². The van der Waals surface area contributed by atoms with Crippen molar-refractivity contribution in [3.63, 3.8) is 0 Å². The SMILES string of the molecule is Cc1ccccc1Nc1nc2sc(C(=O)N3CCCNCC3)cc2s1.Cl.Cl. The number of hydrogen-bond acceptors (Lipinski definition) is 6. The van der Waals surface area contributed by atoms with Crippen molar-refractivity contribution in [3.05, 3.63) is 40.8 Å². The van der Waals surface area contributed by atoms with Gasteiger partial charge in [0.2, 0.25) is 0 Å². The van der Waals surface area contributed by atoms with Crippen LogP contribution in [0.25, 0.3) is 9.53 Å². The fourth-order valence-corrected chi connectivity index (χ4v) is 5.02. The van der Waals surface area contributed by atoms with E-state index >= 15 is 0 Å². The number of hydrogen-bond donors (Lipinski definition) is 2. The second-order valence-electron chi connectivity index (χ2n) is 6.13. The number of halogens is 2. The van der Waals surface area contributed by atoms with Gasteiger partial charge in [-0.3, -0.25) is 4.79 Å². The summed E-state index contributed by atoms with van der Waals surface area (Å²) in [7, 11) is 0. The van der Waals surface area contributed by atoms with Crippen molar-refractivity contribution in [2.75, 3.05) is 31.5 Å². The second kappa shape index (κ2) is 9.71. The van der Waals surface area contributed by atoms with Crippen LogP contribution in [0, 0.1) is 6.92 Å². The van der Waals surface area contributed by atoms with E-state index in [9.17, 15) is 4.79 Å². The molecule has 9 heteroatoms. The van der Waals surface area contributed by atoms with Gasteiger partial charge in [0.25, 0.3) is 5.91 Å². The first-order valence-corrected chi connectivity index (χ1v) is 10.1. The minimum absolute atomic E-state index is 0. The topological polar surface area (TPSA) is 57.3 Å². The third-order valence-electron chi connectivity index (χ3n) is 4.31. The van der Waals surface area contributed by atoms with Crippen molar-refractivity contribution >= 4 is 73.7 Å². The Morgan fingerprint density at radius 2 is 2.00 bits per heavy atom. The molecule has 1 aliphatic heterocycles. The second-order valence-corrected chi connectivity index (χ2v) is 8.20. The highest BCUT2D eigenvalue weighted by Crippen LogP contribution is 2.35. The number of nitrogens with zero attached hydrogens (tertiary/aromatic N) is 2. The van der Waals surface area contributed by atoms with Crippen molar-refractivity contribution in [1.82, 2.24) is 15.2 Å². The summed E-state index contributed by atoms with van der Waals surface area (Å²) in [6.07, 6.45) is 1.01. The molecule has 1 fully saturated rings. The molecule has 3 aromatic rings. The lowest BCUT2D eigenvalue weighted by atomic mass is 10.2. The predicted octanol–water partition coefficient (Wildman–Crippen LogP) is 4.69. The van der Waals surface area contributed by atoms with Gasteiger partial charge in [-0.25, -0.2) is 4.98 Å². The predicted molar refractivity (Wildman–Crippen MR) is 120 cm³/mol. The largest absolute Gasteiger partial charge is 0.337 e. The Morgan fingerprint density at radius 3 is 2.78 bits per heavy atom. The lowest BCUT2D eigenvalue weighted by Crippen LogP contribution is -2.33. The smallest absolute Gasteiger partial charge is 0.264 e. The molecule has 1 saturated heterocycles. The van der Waals surface area contributed by atoms with Gasteiger partial charge in [-0.1, -0.05) is 29.5 Å². The van der Waals surface area contributed by atoms with Crippen LogP contribution in [0.15, 0.2) is 30.3 Å². The first kappa shape index (κ1) is 21.9. The minimum Gasteiger partial charge on any atom is -0.337 e. The molecular weight excluding hydrogens is 423 g/mol. The molecule has 0 radical (unpaired) electrons. The summed E-state index contributed by atoms with van der Waals surface area (Å²) in [6.45, 7) is 5.53. The molecule has 0 bridgehead atoms. The monoisotopic (exact) mass is 444 g/mol. The molecule has 1 aliphatic rings. The highest BCUT2D eigenvalue weighted by Gasteiger charge is 2.20. The quantitative estimate of drug-likeness (QED) is 0.614. The standard InChI is InChI=1S/C18H20N4OS2.2ClH/c1-12-5-2-3-6-13(12)20-18-21-16-14(25-18)11-15(24-16)17(23)22-9-4-7-19-8-10-22;;/h2-3,5-6,11,19H,4,7-10H2,1H3,(H,20,21);2*1H. The zero-order valence-corrected chi connectivity index (χ0v) is 18.1. The van der Waals surface area contributed by atoms with Crippen LogP contribution in [0.5, 0.6) is 0 Å². The number of aromatic nitrogens is 1. The Bertz CT molecular complexity index is 872. The van der Waals surface area contributed by atoms with Gasteiger partial charge in [0.05, 0.1) is 9.58 Å². The van der Waals surface area contributed by atoms with E-state index < -0.39 is 0 Å². The average Bonchev–Trinajstić information content (AvgIpc) is 3.03. The van der Waals surface area contributed by atoms with Gasteiger partial charge in [-0.2, -0.15) is 0 Å². The molecule has 2 N–H and O–H groups in total. The molecule has 146 valence electrons. The van der Waals surface area contributed by atoms with Crippen molar-refractivity contribution in [2.45, 2.75) is 13.3 Å². The number of thiophene rings is 1. The zero-order chi connectivity index (χ0) is 17.2. The van der Waals surface area contributed by atoms with Gasteiger partial charge in [0.15, 0.2) is 5.13 Å². The van der Waals surface area contributed by atoms with Crippen LogP contribution in [0.4, 0.5) is 10.8 Å². The van der Waals surface area contributed by atoms with Crippen molar-refractivity contribution < 1.29 is 4.79 Å². The molecule has 0 saturated carbocycles. The summed E-state index contributed by atoms with van der Waals surface area (Å²) < 4.78 is 1.07. The van der Waals surface area contributed by atoms with Gasteiger partial charge in [0.1, 0.15) is 4.83 Å². The Hall–Kier alpha value is -1.38. The molecule has 0 spiro atoms. The lowest BCUT2D eigenvalue weighted by Gasteiger charge is -2.18. The molecule has 4 rings (SSSR count). The van der Waals surface area contributed by atoms with Crippen LogP contribution < -0.4 is 10.6 Å². The molecule has 0 atom stereocenters. The van der Waals surface area contributed by atoms with Crippen LogP contribution in [-0.2, 0) is 0 Å². The van der Waals surface area contributed by atoms with Crippen LogP contribution in [0.1, 0.15) is 21.7 Å². The molecule has 0 unspecified atom stereocenters. The maximum absolute atomic E-state index is 12.7.